The van der Waals surface area contributed by atoms with Gasteiger partial charge in [-0.2, -0.15) is 0 Å². The summed E-state index contributed by atoms with van der Waals surface area (Å²) in [5.41, 5.74) is 3.28. The van der Waals surface area contributed by atoms with E-state index in [4.69, 9.17) is 0 Å². The summed E-state index contributed by atoms with van der Waals surface area (Å²) in [7, 11) is -2.55. The molecule has 3 aliphatic rings. The summed E-state index contributed by atoms with van der Waals surface area (Å²) in [6, 6.07) is 0. The van der Waals surface area contributed by atoms with Gasteiger partial charge in [0.1, 0.15) is 0 Å². The average Bonchev–Trinajstić information content (AvgIpc) is 2.91. The maximum absolute atomic E-state index is 12.8. The third-order valence-corrected chi connectivity index (χ3v) is 5.63. The SMILES string of the molecule is CC1=CN1P(=O)(N1C=C1C)N1C=C1C. The Morgan fingerprint density at radius 3 is 1.21 bits per heavy atom. The number of allylic oxidation sites excluding steroid dienone is 3. The highest BCUT2D eigenvalue weighted by atomic mass is 31.2. The van der Waals surface area contributed by atoms with Crippen molar-refractivity contribution in [2.75, 3.05) is 0 Å². The van der Waals surface area contributed by atoms with Crippen molar-refractivity contribution in [3.63, 3.8) is 0 Å². The van der Waals surface area contributed by atoms with Gasteiger partial charge in [0.25, 0.3) is 0 Å². The molecule has 0 N–H and O–H groups in total. The normalized spacial score (nSPS) is 23.1. The van der Waals surface area contributed by atoms with Gasteiger partial charge in [-0.05, 0) is 20.8 Å². The molecular formula is C9H12N3OP. The Morgan fingerprint density at radius 2 is 1.07 bits per heavy atom. The number of rotatable bonds is 3. The predicted octanol–water partition coefficient (Wildman–Crippen LogP) is 2.63. The van der Waals surface area contributed by atoms with Gasteiger partial charge in [-0.1, -0.05) is 0 Å². The van der Waals surface area contributed by atoms with Crippen LogP contribution in [-0.2, 0) is 4.57 Å². The standard InChI is InChI=1S/C9H12N3OP/c1-7-4-10(7)14(13,11-5-8(11)2)12-6-9(12)3/h4-6H,1-3H3. The summed E-state index contributed by atoms with van der Waals surface area (Å²) in [5.74, 6) is 0. The maximum atomic E-state index is 12.8. The van der Waals surface area contributed by atoms with Crippen LogP contribution in [0.1, 0.15) is 20.8 Å². The molecule has 0 bridgehead atoms. The van der Waals surface area contributed by atoms with Gasteiger partial charge in [0.15, 0.2) is 0 Å². The Morgan fingerprint density at radius 1 is 0.857 bits per heavy atom. The quantitative estimate of drug-likeness (QED) is 0.667. The summed E-state index contributed by atoms with van der Waals surface area (Å²) in [4.78, 5) is 0. The lowest BCUT2D eigenvalue weighted by atomic mass is 10.7. The van der Waals surface area contributed by atoms with Crippen molar-refractivity contribution in [1.29, 1.82) is 0 Å². The Labute approximate surface area is 83.3 Å². The molecule has 0 saturated carbocycles. The van der Waals surface area contributed by atoms with E-state index in [2.05, 4.69) is 0 Å². The van der Waals surface area contributed by atoms with Crippen LogP contribution in [0.15, 0.2) is 35.7 Å². The van der Waals surface area contributed by atoms with Gasteiger partial charge < -0.3 is 0 Å². The van der Waals surface area contributed by atoms with Crippen molar-refractivity contribution in [1.82, 2.24) is 14.0 Å². The Balaban J connectivity index is 1.85. The molecule has 3 aliphatic heterocycles. The summed E-state index contributed by atoms with van der Waals surface area (Å²) < 4.78 is 18.4. The minimum Gasteiger partial charge on any atom is -0.266 e. The molecule has 14 heavy (non-hydrogen) atoms. The minimum atomic E-state index is -2.55. The molecule has 5 heteroatoms. The molecule has 0 radical (unpaired) electrons. The van der Waals surface area contributed by atoms with E-state index in [-0.39, 0.29) is 0 Å². The fourth-order valence-electron chi connectivity index (χ4n) is 1.60. The van der Waals surface area contributed by atoms with Crippen molar-refractivity contribution in [2.24, 2.45) is 0 Å². The van der Waals surface area contributed by atoms with E-state index in [1.54, 1.807) is 0 Å². The molecule has 0 aromatic rings. The van der Waals surface area contributed by atoms with Crippen molar-refractivity contribution < 1.29 is 4.57 Å². The topological polar surface area (TPSA) is 26.1 Å². The number of hydrogen-bond donors (Lipinski definition) is 0. The summed E-state index contributed by atoms with van der Waals surface area (Å²) >= 11 is 0. The molecule has 4 nitrogen and oxygen atoms in total. The largest absolute Gasteiger partial charge is 0.371 e. The maximum Gasteiger partial charge on any atom is 0.371 e. The van der Waals surface area contributed by atoms with Crippen molar-refractivity contribution in [3.8, 4) is 0 Å². The zero-order valence-electron chi connectivity index (χ0n) is 8.43. The predicted molar refractivity (Wildman–Crippen MR) is 54.4 cm³/mol. The fraction of sp³-hybridized carbons (Fsp3) is 0.333. The van der Waals surface area contributed by atoms with Crippen LogP contribution in [-0.4, -0.2) is 14.0 Å². The van der Waals surface area contributed by atoms with E-state index in [1.807, 2.05) is 53.4 Å². The monoisotopic (exact) mass is 209 g/mol. The van der Waals surface area contributed by atoms with E-state index in [0.717, 1.165) is 17.1 Å². The highest BCUT2D eigenvalue weighted by Crippen LogP contribution is 2.71. The lowest BCUT2D eigenvalue weighted by molar-refractivity contribution is 0.491. The molecule has 0 saturated heterocycles. The lowest BCUT2D eigenvalue weighted by Crippen LogP contribution is -2.14. The molecule has 0 aromatic heterocycles. The minimum absolute atomic E-state index is 1.09. The van der Waals surface area contributed by atoms with Gasteiger partial charge in [0.05, 0.1) is 0 Å². The summed E-state index contributed by atoms with van der Waals surface area (Å²) in [6.45, 7) is 5.93. The van der Waals surface area contributed by atoms with Crippen LogP contribution >= 0.6 is 7.59 Å². The molecule has 0 unspecified atom stereocenters. The van der Waals surface area contributed by atoms with Gasteiger partial charge in [-0.25, -0.2) is 4.57 Å². The molecular weight excluding hydrogens is 197 g/mol. The number of hydrogen-bond acceptors (Lipinski definition) is 1. The van der Waals surface area contributed by atoms with Gasteiger partial charge in [0, 0.05) is 35.7 Å². The molecule has 3 heterocycles. The zero-order chi connectivity index (χ0) is 10.1. The molecule has 0 atom stereocenters. The van der Waals surface area contributed by atoms with Gasteiger partial charge in [-0.3, -0.25) is 14.0 Å². The second-order valence-corrected chi connectivity index (χ2v) is 6.18. The second kappa shape index (κ2) is 2.09. The fourth-order valence-corrected chi connectivity index (χ4v) is 4.41. The highest BCUT2D eigenvalue weighted by Gasteiger charge is 2.53. The lowest BCUT2D eigenvalue weighted by Gasteiger charge is -2.26. The third kappa shape index (κ3) is 0.867. The molecule has 0 aromatic carbocycles. The first-order chi connectivity index (χ1) is 6.55. The average molecular weight is 209 g/mol. The summed E-state index contributed by atoms with van der Waals surface area (Å²) in [5, 5.41) is 0. The van der Waals surface area contributed by atoms with E-state index in [9.17, 15) is 4.57 Å². The zero-order valence-corrected chi connectivity index (χ0v) is 9.32. The Hall–Kier alpha value is -1.15. The highest BCUT2D eigenvalue weighted by molar-refractivity contribution is 7.58. The van der Waals surface area contributed by atoms with E-state index in [1.165, 1.54) is 0 Å². The van der Waals surface area contributed by atoms with Gasteiger partial charge >= 0.3 is 7.59 Å². The van der Waals surface area contributed by atoms with Crippen LogP contribution in [0.2, 0.25) is 0 Å². The second-order valence-electron chi connectivity index (χ2n) is 3.86. The Kier molecular flexibility index (Phi) is 1.22. The van der Waals surface area contributed by atoms with Crippen LogP contribution in [0.5, 0.6) is 0 Å². The third-order valence-electron chi connectivity index (χ3n) is 2.65. The van der Waals surface area contributed by atoms with Gasteiger partial charge in [0.2, 0.25) is 0 Å². The molecule has 0 amide bonds. The Bertz CT molecular complexity index is 396. The van der Waals surface area contributed by atoms with Crippen LogP contribution in [0.3, 0.4) is 0 Å². The molecule has 0 spiro atoms. The summed E-state index contributed by atoms with van der Waals surface area (Å²) in [6.07, 6.45) is 5.79. The first-order valence-electron chi connectivity index (χ1n) is 4.59. The van der Waals surface area contributed by atoms with Crippen molar-refractivity contribution >= 4 is 7.59 Å². The van der Waals surface area contributed by atoms with Crippen LogP contribution < -0.4 is 0 Å². The first-order valence-corrected chi connectivity index (χ1v) is 6.16. The van der Waals surface area contributed by atoms with Crippen molar-refractivity contribution in [3.05, 3.63) is 35.7 Å². The van der Waals surface area contributed by atoms with Gasteiger partial charge in [-0.15, -0.1) is 0 Å². The smallest absolute Gasteiger partial charge is 0.266 e. The number of nitrogens with zero attached hydrogens (tertiary/aromatic N) is 3. The van der Waals surface area contributed by atoms with Crippen LogP contribution in [0, 0.1) is 0 Å². The molecule has 0 aliphatic carbocycles. The van der Waals surface area contributed by atoms with E-state index >= 15 is 0 Å². The first kappa shape index (κ1) is 8.18. The molecule has 3 rings (SSSR count). The molecule has 74 valence electrons. The molecule has 0 fully saturated rings. The van der Waals surface area contributed by atoms with Crippen LogP contribution in [0.25, 0.3) is 0 Å². The van der Waals surface area contributed by atoms with Crippen LogP contribution in [0.4, 0.5) is 0 Å². The van der Waals surface area contributed by atoms with E-state index < -0.39 is 7.59 Å². The van der Waals surface area contributed by atoms with Crippen molar-refractivity contribution in [2.45, 2.75) is 20.8 Å². The van der Waals surface area contributed by atoms with E-state index in [0.29, 0.717) is 0 Å².